The third kappa shape index (κ3) is 4.64. The first-order valence-corrected chi connectivity index (χ1v) is 17.7. The zero-order valence-corrected chi connectivity index (χ0v) is 28.6. The molecular weight excluding hydrogens is 619 g/mol. The van der Waals surface area contributed by atoms with Crippen LogP contribution in [0.1, 0.15) is 25.0 Å². The molecule has 242 valence electrons. The van der Waals surface area contributed by atoms with E-state index >= 15 is 0 Å². The number of nitrogens with zero attached hydrogens (tertiary/aromatic N) is 1. The SMILES string of the molecule is CC1(C)c2ccccc2-c2ccc(N(c3ccc(-c4cccc5ccccc45)cc3)c3ccc(-c4cccc5oc6ccccc6c45)cc3)cc21. The average Bonchev–Trinajstić information content (AvgIpc) is 3.67. The summed E-state index contributed by atoms with van der Waals surface area (Å²) < 4.78 is 6.23. The van der Waals surface area contributed by atoms with Crippen LogP contribution in [-0.2, 0) is 5.41 Å². The Morgan fingerprint density at radius 3 is 1.76 bits per heavy atom. The van der Waals surface area contributed by atoms with Gasteiger partial charge in [-0.3, -0.25) is 0 Å². The van der Waals surface area contributed by atoms with E-state index in [1.54, 1.807) is 0 Å². The molecule has 0 unspecified atom stereocenters. The molecule has 1 aliphatic carbocycles. The summed E-state index contributed by atoms with van der Waals surface area (Å²) in [5.41, 5.74) is 15.3. The summed E-state index contributed by atoms with van der Waals surface area (Å²) in [5, 5.41) is 4.81. The van der Waals surface area contributed by atoms with Crippen LogP contribution in [0.25, 0.3) is 66.1 Å². The Morgan fingerprint density at radius 2 is 0.961 bits per heavy atom. The molecule has 10 rings (SSSR count). The van der Waals surface area contributed by atoms with Gasteiger partial charge in [0.1, 0.15) is 11.2 Å². The van der Waals surface area contributed by atoms with Crippen molar-refractivity contribution in [2.45, 2.75) is 19.3 Å². The van der Waals surface area contributed by atoms with Gasteiger partial charge in [-0.1, -0.05) is 141 Å². The van der Waals surface area contributed by atoms with E-state index in [1.165, 1.54) is 49.7 Å². The van der Waals surface area contributed by atoms with Gasteiger partial charge in [-0.25, -0.2) is 0 Å². The molecule has 2 nitrogen and oxygen atoms in total. The van der Waals surface area contributed by atoms with Crippen molar-refractivity contribution in [3.8, 4) is 33.4 Å². The zero-order valence-electron chi connectivity index (χ0n) is 28.6. The van der Waals surface area contributed by atoms with Gasteiger partial charge in [-0.2, -0.15) is 0 Å². The minimum atomic E-state index is -0.0955. The Balaban J connectivity index is 1.10. The molecule has 0 bridgehead atoms. The number of benzene rings is 8. The van der Waals surface area contributed by atoms with Crippen molar-refractivity contribution in [2.75, 3.05) is 4.90 Å². The number of anilines is 3. The fourth-order valence-electron chi connectivity index (χ4n) is 8.35. The molecule has 8 aromatic carbocycles. The standard InChI is InChI=1S/C49H35NO/c1-49(2)44-18-7-5-14-41(44)42-30-29-37(31-45(42)49)50(35-25-21-33(22-26-35)39-16-9-12-32-11-3-4-13-38(32)39)36-27-23-34(24-28-36)40-17-10-20-47-48(40)43-15-6-8-19-46(43)51-47/h3-31H,1-2H3. The van der Waals surface area contributed by atoms with Gasteiger partial charge in [-0.15, -0.1) is 0 Å². The summed E-state index contributed by atoms with van der Waals surface area (Å²) in [5.74, 6) is 0. The number of hydrogen-bond donors (Lipinski definition) is 0. The summed E-state index contributed by atoms with van der Waals surface area (Å²) in [6.07, 6.45) is 0. The quantitative estimate of drug-likeness (QED) is 0.184. The molecule has 0 aliphatic heterocycles. The van der Waals surface area contributed by atoms with Crippen LogP contribution in [0.3, 0.4) is 0 Å². The predicted octanol–water partition coefficient (Wildman–Crippen LogP) is 13.8. The number of para-hydroxylation sites is 1. The molecule has 1 heterocycles. The topological polar surface area (TPSA) is 16.4 Å². The zero-order chi connectivity index (χ0) is 34.1. The van der Waals surface area contributed by atoms with Crippen LogP contribution >= 0.6 is 0 Å². The minimum Gasteiger partial charge on any atom is -0.456 e. The molecule has 1 aliphatic rings. The highest BCUT2D eigenvalue weighted by molar-refractivity contribution is 6.12. The Morgan fingerprint density at radius 1 is 0.412 bits per heavy atom. The highest BCUT2D eigenvalue weighted by Crippen LogP contribution is 2.51. The predicted molar refractivity (Wildman–Crippen MR) is 214 cm³/mol. The second kappa shape index (κ2) is 11.3. The van der Waals surface area contributed by atoms with E-state index in [2.05, 4.69) is 183 Å². The number of hydrogen-bond acceptors (Lipinski definition) is 2. The van der Waals surface area contributed by atoms with Crippen molar-refractivity contribution >= 4 is 49.8 Å². The van der Waals surface area contributed by atoms with Crippen molar-refractivity contribution in [1.82, 2.24) is 0 Å². The van der Waals surface area contributed by atoms with Gasteiger partial charge in [-0.05, 0) is 104 Å². The third-order valence-electron chi connectivity index (χ3n) is 10.9. The van der Waals surface area contributed by atoms with Crippen LogP contribution in [0, 0.1) is 0 Å². The van der Waals surface area contributed by atoms with Crippen molar-refractivity contribution in [3.05, 3.63) is 187 Å². The molecule has 0 saturated carbocycles. The molecule has 0 atom stereocenters. The third-order valence-corrected chi connectivity index (χ3v) is 10.9. The highest BCUT2D eigenvalue weighted by atomic mass is 16.3. The molecule has 9 aromatic rings. The number of furan rings is 1. The first-order valence-electron chi connectivity index (χ1n) is 17.7. The van der Waals surface area contributed by atoms with Gasteiger partial charge in [0, 0.05) is 33.2 Å². The average molecular weight is 654 g/mol. The number of fused-ring (bicyclic) bond motifs is 7. The summed E-state index contributed by atoms with van der Waals surface area (Å²) in [7, 11) is 0. The largest absolute Gasteiger partial charge is 0.456 e. The molecule has 0 fully saturated rings. The second-order valence-corrected chi connectivity index (χ2v) is 14.1. The summed E-state index contributed by atoms with van der Waals surface area (Å²) in [6.45, 7) is 4.69. The highest BCUT2D eigenvalue weighted by Gasteiger charge is 2.35. The maximum Gasteiger partial charge on any atom is 0.136 e. The van der Waals surface area contributed by atoms with Crippen molar-refractivity contribution in [2.24, 2.45) is 0 Å². The van der Waals surface area contributed by atoms with Crippen LogP contribution in [0.4, 0.5) is 17.1 Å². The Hall–Kier alpha value is -6.38. The van der Waals surface area contributed by atoms with Gasteiger partial charge in [0.05, 0.1) is 0 Å². The second-order valence-electron chi connectivity index (χ2n) is 14.1. The molecule has 0 radical (unpaired) electrons. The lowest BCUT2D eigenvalue weighted by atomic mass is 9.82. The first kappa shape index (κ1) is 29.5. The van der Waals surface area contributed by atoms with Gasteiger partial charge in [0.25, 0.3) is 0 Å². The Labute approximate surface area is 297 Å². The molecule has 0 N–H and O–H groups in total. The van der Waals surface area contributed by atoms with Gasteiger partial charge < -0.3 is 9.32 Å². The molecule has 2 heteroatoms. The van der Waals surface area contributed by atoms with Crippen LogP contribution in [0.2, 0.25) is 0 Å². The molecule has 51 heavy (non-hydrogen) atoms. The van der Waals surface area contributed by atoms with Crippen LogP contribution in [0.15, 0.2) is 180 Å². The van der Waals surface area contributed by atoms with E-state index in [-0.39, 0.29) is 5.41 Å². The Bertz CT molecular complexity index is 2760. The fraction of sp³-hybridized carbons (Fsp3) is 0.0612. The maximum absolute atomic E-state index is 6.23. The van der Waals surface area contributed by atoms with E-state index in [0.717, 1.165) is 44.6 Å². The lowest BCUT2D eigenvalue weighted by molar-refractivity contribution is 0.660. The molecule has 1 aromatic heterocycles. The van der Waals surface area contributed by atoms with E-state index in [4.69, 9.17) is 4.42 Å². The normalized spacial score (nSPS) is 13.1. The first-order chi connectivity index (χ1) is 25.0. The lowest BCUT2D eigenvalue weighted by Crippen LogP contribution is -2.16. The monoisotopic (exact) mass is 653 g/mol. The summed E-state index contributed by atoms with van der Waals surface area (Å²) in [4.78, 5) is 2.39. The maximum atomic E-state index is 6.23. The van der Waals surface area contributed by atoms with Crippen molar-refractivity contribution in [1.29, 1.82) is 0 Å². The van der Waals surface area contributed by atoms with E-state index < -0.39 is 0 Å². The van der Waals surface area contributed by atoms with E-state index in [1.807, 2.05) is 12.1 Å². The number of rotatable bonds is 5. The summed E-state index contributed by atoms with van der Waals surface area (Å²) >= 11 is 0. The van der Waals surface area contributed by atoms with Crippen molar-refractivity contribution < 1.29 is 4.42 Å². The molecule has 0 amide bonds. The van der Waals surface area contributed by atoms with Crippen LogP contribution in [0.5, 0.6) is 0 Å². The van der Waals surface area contributed by atoms with E-state index in [9.17, 15) is 0 Å². The smallest absolute Gasteiger partial charge is 0.136 e. The molecular formula is C49H35NO. The van der Waals surface area contributed by atoms with Crippen LogP contribution in [-0.4, -0.2) is 0 Å². The van der Waals surface area contributed by atoms with Crippen molar-refractivity contribution in [3.63, 3.8) is 0 Å². The van der Waals surface area contributed by atoms with Gasteiger partial charge >= 0.3 is 0 Å². The van der Waals surface area contributed by atoms with E-state index in [0.29, 0.717) is 0 Å². The van der Waals surface area contributed by atoms with Gasteiger partial charge in [0.15, 0.2) is 0 Å². The molecule has 0 spiro atoms. The minimum absolute atomic E-state index is 0.0955. The fourth-order valence-corrected chi connectivity index (χ4v) is 8.35. The molecule has 0 saturated heterocycles. The lowest BCUT2D eigenvalue weighted by Gasteiger charge is -2.28. The summed E-state index contributed by atoms with van der Waals surface area (Å²) in [6, 6.07) is 63.7. The van der Waals surface area contributed by atoms with Gasteiger partial charge in [0.2, 0.25) is 0 Å². The Kier molecular flexibility index (Phi) is 6.56. The van der Waals surface area contributed by atoms with Crippen LogP contribution < -0.4 is 4.90 Å².